The summed E-state index contributed by atoms with van der Waals surface area (Å²) >= 11 is 8.16. The number of nitrogens with one attached hydrogen (secondary N) is 1. The monoisotopic (exact) mass is 285 g/mol. The van der Waals surface area contributed by atoms with Gasteiger partial charge in [-0.2, -0.15) is 0 Å². The Labute approximate surface area is 120 Å². The second-order valence-electron chi connectivity index (χ2n) is 6.24. The van der Waals surface area contributed by atoms with E-state index in [1.165, 1.54) is 24.1 Å². The van der Waals surface area contributed by atoms with Crippen LogP contribution < -0.4 is 5.32 Å². The standard InChI is InChI=1S/C15H24ClNS/c1-10-5-6-11(13(9-10)17-4)15(2,3)14-12(16)7-8-18-14/h7-8,10-11,13,17H,5-6,9H2,1-4H3. The highest BCUT2D eigenvalue weighted by atomic mass is 35.5. The van der Waals surface area contributed by atoms with Gasteiger partial charge in [-0.1, -0.05) is 38.8 Å². The second-order valence-corrected chi connectivity index (χ2v) is 7.56. The first kappa shape index (κ1) is 14.4. The zero-order valence-electron chi connectivity index (χ0n) is 11.8. The van der Waals surface area contributed by atoms with Gasteiger partial charge >= 0.3 is 0 Å². The van der Waals surface area contributed by atoms with Crippen molar-refractivity contribution in [2.75, 3.05) is 7.05 Å². The van der Waals surface area contributed by atoms with Gasteiger partial charge in [0.25, 0.3) is 0 Å². The first-order valence-electron chi connectivity index (χ1n) is 6.87. The fourth-order valence-corrected chi connectivity index (χ4v) is 4.98. The van der Waals surface area contributed by atoms with Gasteiger partial charge in [0.05, 0.1) is 5.02 Å². The molecule has 1 N–H and O–H groups in total. The smallest absolute Gasteiger partial charge is 0.0550 e. The van der Waals surface area contributed by atoms with Crippen molar-refractivity contribution in [2.45, 2.75) is 51.5 Å². The van der Waals surface area contributed by atoms with E-state index in [0.29, 0.717) is 12.0 Å². The molecular weight excluding hydrogens is 262 g/mol. The number of halogens is 1. The van der Waals surface area contributed by atoms with Gasteiger partial charge in [-0.3, -0.25) is 0 Å². The largest absolute Gasteiger partial charge is 0.317 e. The lowest BCUT2D eigenvalue weighted by atomic mass is 9.66. The molecule has 0 amide bonds. The predicted octanol–water partition coefficient (Wildman–Crippen LogP) is 4.70. The molecule has 1 aromatic heterocycles. The molecule has 0 radical (unpaired) electrons. The van der Waals surface area contributed by atoms with Gasteiger partial charge < -0.3 is 5.32 Å². The van der Waals surface area contributed by atoms with E-state index in [2.05, 4.69) is 38.5 Å². The van der Waals surface area contributed by atoms with Gasteiger partial charge in [-0.05, 0) is 43.2 Å². The summed E-state index contributed by atoms with van der Waals surface area (Å²) in [7, 11) is 2.10. The molecule has 1 nitrogen and oxygen atoms in total. The summed E-state index contributed by atoms with van der Waals surface area (Å²) in [5.74, 6) is 1.52. The molecule has 1 saturated carbocycles. The molecule has 0 aliphatic heterocycles. The van der Waals surface area contributed by atoms with Crippen molar-refractivity contribution < 1.29 is 0 Å². The fourth-order valence-electron chi connectivity index (χ4n) is 3.49. The van der Waals surface area contributed by atoms with Crippen LogP contribution in [0, 0.1) is 11.8 Å². The molecule has 3 unspecified atom stereocenters. The van der Waals surface area contributed by atoms with Crippen LogP contribution in [0.4, 0.5) is 0 Å². The van der Waals surface area contributed by atoms with Crippen LogP contribution in [0.1, 0.15) is 44.9 Å². The summed E-state index contributed by atoms with van der Waals surface area (Å²) < 4.78 is 0. The van der Waals surface area contributed by atoms with Crippen LogP contribution in [0.15, 0.2) is 11.4 Å². The molecule has 1 aromatic rings. The Morgan fingerprint density at radius 3 is 2.67 bits per heavy atom. The van der Waals surface area contributed by atoms with E-state index in [9.17, 15) is 0 Å². The van der Waals surface area contributed by atoms with E-state index in [-0.39, 0.29) is 5.41 Å². The Hall–Kier alpha value is -0.0500. The van der Waals surface area contributed by atoms with Crippen molar-refractivity contribution in [2.24, 2.45) is 11.8 Å². The molecule has 3 atom stereocenters. The lowest BCUT2D eigenvalue weighted by molar-refractivity contribution is 0.153. The van der Waals surface area contributed by atoms with Crippen LogP contribution in [0.25, 0.3) is 0 Å². The number of hydrogen-bond acceptors (Lipinski definition) is 2. The van der Waals surface area contributed by atoms with Gasteiger partial charge in [0.1, 0.15) is 0 Å². The van der Waals surface area contributed by atoms with Crippen LogP contribution in [0.5, 0.6) is 0 Å². The zero-order chi connectivity index (χ0) is 13.3. The van der Waals surface area contributed by atoms with Crippen molar-refractivity contribution in [3.05, 3.63) is 21.3 Å². The fraction of sp³-hybridized carbons (Fsp3) is 0.733. The third kappa shape index (κ3) is 2.61. The van der Waals surface area contributed by atoms with E-state index in [4.69, 9.17) is 11.6 Å². The highest BCUT2D eigenvalue weighted by Gasteiger charge is 2.40. The van der Waals surface area contributed by atoms with Gasteiger partial charge in [0, 0.05) is 16.3 Å². The molecule has 0 bridgehead atoms. The van der Waals surface area contributed by atoms with Crippen LogP contribution in [0.3, 0.4) is 0 Å². The first-order chi connectivity index (χ1) is 8.46. The van der Waals surface area contributed by atoms with Crippen LogP contribution in [-0.4, -0.2) is 13.1 Å². The van der Waals surface area contributed by atoms with Crippen LogP contribution >= 0.6 is 22.9 Å². The second kappa shape index (κ2) is 5.52. The quantitative estimate of drug-likeness (QED) is 0.848. The van der Waals surface area contributed by atoms with E-state index < -0.39 is 0 Å². The van der Waals surface area contributed by atoms with Crippen LogP contribution in [-0.2, 0) is 5.41 Å². The summed E-state index contributed by atoms with van der Waals surface area (Å²) in [4.78, 5) is 1.35. The topological polar surface area (TPSA) is 12.0 Å². The summed E-state index contributed by atoms with van der Waals surface area (Å²) in [6.45, 7) is 7.08. The van der Waals surface area contributed by atoms with E-state index in [1.54, 1.807) is 11.3 Å². The Morgan fingerprint density at radius 1 is 1.39 bits per heavy atom. The van der Waals surface area contributed by atoms with E-state index in [1.807, 2.05) is 6.07 Å². The number of rotatable bonds is 3. The molecule has 18 heavy (non-hydrogen) atoms. The Balaban J connectivity index is 2.26. The molecule has 1 aliphatic rings. The molecule has 1 fully saturated rings. The minimum Gasteiger partial charge on any atom is -0.317 e. The van der Waals surface area contributed by atoms with Gasteiger partial charge in [-0.25, -0.2) is 0 Å². The van der Waals surface area contributed by atoms with Gasteiger partial charge in [0.15, 0.2) is 0 Å². The third-order valence-corrected chi connectivity index (χ3v) is 6.29. The molecule has 2 rings (SSSR count). The SMILES string of the molecule is CNC1CC(C)CCC1C(C)(C)c1sccc1Cl. The summed E-state index contributed by atoms with van der Waals surface area (Å²) in [6.07, 6.45) is 3.93. The molecule has 102 valence electrons. The maximum atomic E-state index is 6.35. The van der Waals surface area contributed by atoms with E-state index >= 15 is 0 Å². The summed E-state index contributed by atoms with van der Waals surface area (Å²) in [5.41, 5.74) is 0.166. The van der Waals surface area contributed by atoms with Crippen LogP contribution in [0.2, 0.25) is 5.02 Å². The lowest BCUT2D eigenvalue weighted by Gasteiger charge is -2.44. The molecule has 1 heterocycles. The van der Waals surface area contributed by atoms with Crippen molar-refractivity contribution in [3.8, 4) is 0 Å². The average Bonchev–Trinajstić information content (AvgIpc) is 2.75. The van der Waals surface area contributed by atoms with Crippen molar-refractivity contribution >= 4 is 22.9 Å². The predicted molar refractivity (Wildman–Crippen MR) is 81.7 cm³/mol. The Bertz CT molecular complexity index is 399. The summed E-state index contributed by atoms with van der Waals surface area (Å²) in [5, 5.41) is 6.59. The van der Waals surface area contributed by atoms with Crippen molar-refractivity contribution in [1.82, 2.24) is 5.32 Å². The maximum absolute atomic E-state index is 6.35. The summed E-state index contributed by atoms with van der Waals surface area (Å²) in [6, 6.07) is 2.64. The maximum Gasteiger partial charge on any atom is 0.0550 e. The average molecular weight is 286 g/mol. The highest BCUT2D eigenvalue weighted by molar-refractivity contribution is 7.10. The lowest BCUT2D eigenvalue weighted by Crippen LogP contribution is -2.47. The highest BCUT2D eigenvalue weighted by Crippen LogP contribution is 2.46. The Kier molecular flexibility index (Phi) is 4.40. The number of hydrogen-bond donors (Lipinski definition) is 1. The van der Waals surface area contributed by atoms with Gasteiger partial charge in [-0.15, -0.1) is 11.3 Å². The minimum atomic E-state index is 0.166. The molecule has 0 spiro atoms. The third-order valence-electron chi connectivity index (χ3n) is 4.61. The minimum absolute atomic E-state index is 0.166. The van der Waals surface area contributed by atoms with Gasteiger partial charge in [0.2, 0.25) is 0 Å². The van der Waals surface area contributed by atoms with E-state index in [0.717, 1.165) is 10.9 Å². The first-order valence-corrected chi connectivity index (χ1v) is 8.13. The molecule has 0 aromatic carbocycles. The van der Waals surface area contributed by atoms with Crippen molar-refractivity contribution in [1.29, 1.82) is 0 Å². The molecular formula is C15H24ClNS. The normalized spacial score (nSPS) is 29.5. The molecule has 1 aliphatic carbocycles. The zero-order valence-corrected chi connectivity index (χ0v) is 13.4. The Morgan fingerprint density at radius 2 is 2.11 bits per heavy atom. The molecule has 3 heteroatoms. The molecule has 0 saturated heterocycles. The van der Waals surface area contributed by atoms with Crippen molar-refractivity contribution in [3.63, 3.8) is 0 Å². The number of thiophene rings is 1.